The second kappa shape index (κ2) is 5.68. The fourth-order valence-corrected chi connectivity index (χ4v) is 1.92. The summed E-state index contributed by atoms with van der Waals surface area (Å²) >= 11 is 0. The number of amides is 1. The van der Waals surface area contributed by atoms with Crippen molar-refractivity contribution in [3.05, 3.63) is 58.5 Å². The second-order valence-electron chi connectivity index (χ2n) is 4.40. The van der Waals surface area contributed by atoms with Crippen LogP contribution in [0.3, 0.4) is 0 Å². The molecule has 0 spiro atoms. The Kier molecular flexibility index (Phi) is 3.57. The molecule has 8 nitrogen and oxygen atoms in total. The van der Waals surface area contributed by atoms with Crippen molar-refractivity contribution in [2.24, 2.45) is 0 Å². The summed E-state index contributed by atoms with van der Waals surface area (Å²) in [5, 5.41) is 10.6. The highest BCUT2D eigenvalue weighted by Gasteiger charge is 2.13. The molecule has 0 saturated carbocycles. The number of pyridine rings is 1. The minimum absolute atomic E-state index is 0.0417. The van der Waals surface area contributed by atoms with Gasteiger partial charge in [-0.1, -0.05) is 6.07 Å². The monoisotopic (exact) mass is 300 g/mol. The van der Waals surface area contributed by atoms with Gasteiger partial charge >= 0.3 is 0 Å². The van der Waals surface area contributed by atoms with Gasteiger partial charge in [0.2, 0.25) is 11.2 Å². The molecule has 22 heavy (non-hydrogen) atoms. The lowest BCUT2D eigenvalue weighted by Gasteiger charge is -2.04. The number of carbonyl (C=O) groups excluding carboxylic acids is 1. The maximum Gasteiger partial charge on any atom is 0.287 e. The Balaban J connectivity index is 1.75. The molecule has 0 radical (unpaired) electrons. The summed E-state index contributed by atoms with van der Waals surface area (Å²) < 4.78 is 11.6. The predicted octanol–water partition coefficient (Wildman–Crippen LogP) is 0.621. The molecule has 3 rings (SSSR count). The molecule has 0 aliphatic heterocycles. The third kappa shape index (κ3) is 2.53. The fraction of sp³-hybridized carbons (Fsp3) is 0.143. The Morgan fingerprint density at radius 2 is 2.27 bits per heavy atom. The van der Waals surface area contributed by atoms with Crippen LogP contribution < -0.4 is 15.5 Å². The molecular formula is C14H12N4O4. The van der Waals surface area contributed by atoms with E-state index in [0.717, 1.165) is 12.3 Å². The van der Waals surface area contributed by atoms with Crippen LogP contribution in [0.15, 0.2) is 45.9 Å². The molecule has 0 fully saturated rings. The molecule has 112 valence electrons. The van der Waals surface area contributed by atoms with Gasteiger partial charge in [-0.15, -0.1) is 10.2 Å². The van der Waals surface area contributed by atoms with Crippen molar-refractivity contribution in [3.63, 3.8) is 0 Å². The summed E-state index contributed by atoms with van der Waals surface area (Å²) in [6, 6.07) is 6.57. The first-order chi connectivity index (χ1) is 10.7. The van der Waals surface area contributed by atoms with Crippen LogP contribution in [0.4, 0.5) is 0 Å². The van der Waals surface area contributed by atoms with Gasteiger partial charge < -0.3 is 14.5 Å². The normalized spacial score (nSPS) is 10.6. The van der Waals surface area contributed by atoms with Crippen molar-refractivity contribution in [3.8, 4) is 5.75 Å². The topological polar surface area (TPSA) is 98.7 Å². The lowest BCUT2D eigenvalue weighted by molar-refractivity contribution is 0.0919. The molecule has 8 heteroatoms. The molecule has 0 atom stereocenters. The van der Waals surface area contributed by atoms with Gasteiger partial charge in [0.05, 0.1) is 13.7 Å². The third-order valence-electron chi connectivity index (χ3n) is 3.03. The Hall–Kier alpha value is -3.16. The van der Waals surface area contributed by atoms with Crippen LogP contribution in [-0.4, -0.2) is 27.6 Å². The summed E-state index contributed by atoms with van der Waals surface area (Å²) in [5.74, 6) is -0.00753. The minimum atomic E-state index is -0.521. The summed E-state index contributed by atoms with van der Waals surface area (Å²) in [5.41, 5.74) is 0.259. The van der Waals surface area contributed by atoms with E-state index >= 15 is 0 Å². The van der Waals surface area contributed by atoms with Crippen molar-refractivity contribution < 1.29 is 13.9 Å². The summed E-state index contributed by atoms with van der Waals surface area (Å²) in [4.78, 5) is 23.6. The SMILES string of the molecule is COc1coc(C(=O)NCc2nnc3ccccn23)cc1=O. The van der Waals surface area contributed by atoms with Crippen LogP contribution in [0, 0.1) is 0 Å². The first kappa shape index (κ1) is 13.8. The van der Waals surface area contributed by atoms with Gasteiger partial charge in [0, 0.05) is 12.3 Å². The van der Waals surface area contributed by atoms with E-state index in [1.54, 1.807) is 16.7 Å². The molecule has 3 heterocycles. The Morgan fingerprint density at radius 1 is 1.41 bits per heavy atom. The van der Waals surface area contributed by atoms with Gasteiger partial charge in [-0.25, -0.2) is 0 Å². The quantitative estimate of drug-likeness (QED) is 0.758. The molecule has 0 unspecified atom stereocenters. The Morgan fingerprint density at radius 3 is 3.05 bits per heavy atom. The van der Waals surface area contributed by atoms with Crippen LogP contribution >= 0.6 is 0 Å². The largest absolute Gasteiger partial charge is 0.490 e. The van der Waals surface area contributed by atoms with E-state index in [-0.39, 0.29) is 18.1 Å². The average Bonchev–Trinajstić information content (AvgIpc) is 2.95. The minimum Gasteiger partial charge on any atom is -0.490 e. The third-order valence-corrected chi connectivity index (χ3v) is 3.03. The smallest absolute Gasteiger partial charge is 0.287 e. The molecule has 0 aliphatic rings. The van der Waals surface area contributed by atoms with Crippen LogP contribution in [0.25, 0.3) is 5.65 Å². The zero-order valence-corrected chi connectivity index (χ0v) is 11.6. The lowest BCUT2D eigenvalue weighted by atomic mass is 10.3. The van der Waals surface area contributed by atoms with Gasteiger partial charge in [-0.05, 0) is 12.1 Å². The zero-order chi connectivity index (χ0) is 15.5. The van der Waals surface area contributed by atoms with Gasteiger partial charge in [0.15, 0.2) is 17.2 Å². The van der Waals surface area contributed by atoms with E-state index in [0.29, 0.717) is 11.5 Å². The Bertz CT molecular complexity index is 884. The molecule has 3 aromatic rings. The molecule has 0 aliphatic carbocycles. The number of hydrogen-bond acceptors (Lipinski definition) is 6. The van der Waals surface area contributed by atoms with Crippen LogP contribution in [-0.2, 0) is 6.54 Å². The highest BCUT2D eigenvalue weighted by molar-refractivity contribution is 5.91. The summed E-state index contributed by atoms with van der Waals surface area (Å²) in [6.45, 7) is 0.153. The standard InChI is InChI=1S/C14H12N4O4/c1-21-11-8-22-10(6-9(11)19)14(20)15-7-13-17-16-12-4-2-3-5-18(12)13/h2-6,8H,7H2,1H3,(H,15,20). The van der Waals surface area contributed by atoms with E-state index in [9.17, 15) is 9.59 Å². The number of rotatable bonds is 4. The molecular weight excluding hydrogens is 288 g/mol. The van der Waals surface area contributed by atoms with Gasteiger partial charge in [-0.3, -0.25) is 14.0 Å². The average molecular weight is 300 g/mol. The number of hydrogen-bond donors (Lipinski definition) is 1. The number of fused-ring (bicyclic) bond motifs is 1. The van der Waals surface area contributed by atoms with Crippen LogP contribution in [0.5, 0.6) is 5.75 Å². The van der Waals surface area contributed by atoms with E-state index in [1.807, 2.05) is 12.1 Å². The number of methoxy groups -OCH3 is 1. The van der Waals surface area contributed by atoms with Gasteiger partial charge in [-0.2, -0.15) is 0 Å². The Labute approximate surface area is 124 Å². The number of nitrogens with one attached hydrogen (secondary N) is 1. The highest BCUT2D eigenvalue weighted by Crippen LogP contribution is 2.06. The van der Waals surface area contributed by atoms with Crippen LogP contribution in [0.2, 0.25) is 0 Å². The number of ether oxygens (including phenoxy) is 1. The highest BCUT2D eigenvalue weighted by atomic mass is 16.5. The zero-order valence-electron chi connectivity index (χ0n) is 11.6. The van der Waals surface area contributed by atoms with Crippen molar-refractivity contribution in [1.82, 2.24) is 19.9 Å². The van der Waals surface area contributed by atoms with Crippen molar-refractivity contribution in [1.29, 1.82) is 0 Å². The second-order valence-corrected chi connectivity index (χ2v) is 4.40. The van der Waals surface area contributed by atoms with E-state index in [2.05, 4.69) is 15.5 Å². The van der Waals surface area contributed by atoms with E-state index in [4.69, 9.17) is 9.15 Å². The molecule has 0 aromatic carbocycles. The number of carbonyl (C=O) groups is 1. The van der Waals surface area contributed by atoms with Crippen LogP contribution in [0.1, 0.15) is 16.4 Å². The fourth-order valence-electron chi connectivity index (χ4n) is 1.92. The lowest BCUT2D eigenvalue weighted by Crippen LogP contribution is -2.25. The van der Waals surface area contributed by atoms with E-state index < -0.39 is 11.3 Å². The van der Waals surface area contributed by atoms with Crippen molar-refractivity contribution in [2.75, 3.05) is 7.11 Å². The molecule has 0 saturated heterocycles. The van der Waals surface area contributed by atoms with Crippen molar-refractivity contribution in [2.45, 2.75) is 6.54 Å². The number of nitrogens with zero attached hydrogens (tertiary/aromatic N) is 3. The number of aromatic nitrogens is 3. The molecule has 3 aromatic heterocycles. The predicted molar refractivity (Wildman–Crippen MR) is 75.7 cm³/mol. The first-order valence-electron chi connectivity index (χ1n) is 6.42. The summed E-state index contributed by atoms with van der Waals surface area (Å²) in [7, 11) is 1.35. The maximum absolute atomic E-state index is 12.0. The first-order valence-corrected chi connectivity index (χ1v) is 6.42. The van der Waals surface area contributed by atoms with Gasteiger partial charge in [0.25, 0.3) is 5.91 Å². The molecule has 0 bridgehead atoms. The maximum atomic E-state index is 12.0. The molecule has 1 amide bonds. The molecule has 1 N–H and O–H groups in total. The van der Waals surface area contributed by atoms with Crippen molar-refractivity contribution >= 4 is 11.6 Å². The summed E-state index contributed by atoms with van der Waals surface area (Å²) in [6.07, 6.45) is 2.90. The van der Waals surface area contributed by atoms with Gasteiger partial charge in [0.1, 0.15) is 6.26 Å². The van der Waals surface area contributed by atoms with E-state index in [1.165, 1.54) is 7.11 Å².